The molecule has 0 aromatic carbocycles. The predicted octanol–water partition coefficient (Wildman–Crippen LogP) is 1.90. The van der Waals surface area contributed by atoms with E-state index in [-0.39, 0.29) is 5.91 Å². The van der Waals surface area contributed by atoms with Gasteiger partial charge in [-0.15, -0.1) is 11.3 Å². The Hall–Kier alpha value is -1.14. The number of hydrogen-bond acceptors (Lipinski definition) is 4. The number of ether oxygens (including phenoxy) is 1. The van der Waals surface area contributed by atoms with Crippen LogP contribution in [-0.4, -0.2) is 36.0 Å². The summed E-state index contributed by atoms with van der Waals surface area (Å²) in [7, 11) is 1.58. The fourth-order valence-electron chi connectivity index (χ4n) is 1.40. The fourth-order valence-corrected chi connectivity index (χ4v) is 2.38. The molecule has 2 N–H and O–H groups in total. The average molecular weight is 272 g/mol. The van der Waals surface area contributed by atoms with E-state index in [0.29, 0.717) is 28.7 Å². The van der Waals surface area contributed by atoms with E-state index in [1.54, 1.807) is 23.5 Å². The van der Waals surface area contributed by atoms with Crippen LogP contribution < -0.4 is 10.5 Å². The Morgan fingerprint density at radius 3 is 2.82 bits per heavy atom. The van der Waals surface area contributed by atoms with Crippen molar-refractivity contribution in [3.8, 4) is 5.75 Å². The molecule has 0 aliphatic heterocycles. The molecule has 17 heavy (non-hydrogen) atoms. The van der Waals surface area contributed by atoms with Gasteiger partial charge in [-0.2, -0.15) is 0 Å². The number of carbonyl (C=O) groups excluding carboxylic acids is 1. The van der Waals surface area contributed by atoms with Crippen molar-refractivity contribution in [2.45, 2.75) is 13.3 Å². The summed E-state index contributed by atoms with van der Waals surface area (Å²) in [6, 6.07) is 1.73. The van der Waals surface area contributed by atoms with Crippen LogP contribution in [0, 0.1) is 0 Å². The Bertz CT molecular complexity index is 404. The molecule has 0 saturated carbocycles. The quantitative estimate of drug-likeness (QED) is 0.804. The van der Waals surface area contributed by atoms with E-state index in [1.165, 1.54) is 11.3 Å². The van der Waals surface area contributed by atoms with Gasteiger partial charge >= 0.3 is 0 Å². The van der Waals surface area contributed by atoms with Crippen molar-refractivity contribution < 1.29 is 9.53 Å². The second-order valence-electron chi connectivity index (χ2n) is 3.54. The average Bonchev–Trinajstić information content (AvgIpc) is 2.75. The van der Waals surface area contributed by atoms with Crippen molar-refractivity contribution in [1.29, 1.82) is 0 Å². The molecule has 0 bridgehead atoms. The first-order valence-corrected chi connectivity index (χ1v) is 6.57. The zero-order valence-corrected chi connectivity index (χ0v) is 11.6. The first-order valence-electron chi connectivity index (χ1n) is 5.28. The molecule has 0 radical (unpaired) electrons. The summed E-state index contributed by atoms with van der Waals surface area (Å²) in [6.07, 6.45) is 0.872. The Labute approximate surface area is 110 Å². The van der Waals surface area contributed by atoms with Gasteiger partial charge in [0.25, 0.3) is 5.91 Å². The maximum atomic E-state index is 12.2. The first kappa shape index (κ1) is 13.9. The lowest BCUT2D eigenvalue weighted by molar-refractivity contribution is 0.0784. The molecule has 1 amide bonds. The molecule has 1 heterocycles. The second kappa shape index (κ2) is 6.56. The van der Waals surface area contributed by atoms with Gasteiger partial charge in [-0.1, -0.05) is 19.1 Å². The van der Waals surface area contributed by atoms with Gasteiger partial charge in [-0.05, 0) is 6.42 Å². The number of carbonyl (C=O) groups is 1. The molecule has 0 spiro atoms. The SMILES string of the molecule is CCCN(CC(N)=S)C(=O)c1cc(OC)cs1. The molecule has 0 aliphatic carbocycles. The van der Waals surface area contributed by atoms with Crippen LogP contribution in [0.1, 0.15) is 23.0 Å². The number of rotatable bonds is 6. The number of amides is 1. The zero-order chi connectivity index (χ0) is 12.8. The van der Waals surface area contributed by atoms with E-state index in [4.69, 9.17) is 22.7 Å². The van der Waals surface area contributed by atoms with Gasteiger partial charge in [0.2, 0.25) is 0 Å². The molecule has 1 rings (SSSR count). The van der Waals surface area contributed by atoms with Crippen molar-refractivity contribution >= 4 is 34.5 Å². The zero-order valence-electron chi connectivity index (χ0n) is 9.93. The van der Waals surface area contributed by atoms with Gasteiger partial charge in [0.05, 0.1) is 23.5 Å². The normalized spacial score (nSPS) is 10.0. The van der Waals surface area contributed by atoms with Crippen molar-refractivity contribution in [2.75, 3.05) is 20.2 Å². The molecule has 6 heteroatoms. The minimum Gasteiger partial charge on any atom is -0.496 e. The molecule has 4 nitrogen and oxygen atoms in total. The van der Waals surface area contributed by atoms with E-state index in [1.807, 2.05) is 6.92 Å². The molecule has 94 valence electrons. The number of methoxy groups -OCH3 is 1. The molecule has 0 unspecified atom stereocenters. The first-order chi connectivity index (χ1) is 8.08. The van der Waals surface area contributed by atoms with Gasteiger partial charge < -0.3 is 15.4 Å². The molecule has 0 fully saturated rings. The van der Waals surface area contributed by atoms with E-state index < -0.39 is 0 Å². The smallest absolute Gasteiger partial charge is 0.264 e. The van der Waals surface area contributed by atoms with Gasteiger partial charge in [0, 0.05) is 18.0 Å². The highest BCUT2D eigenvalue weighted by molar-refractivity contribution is 7.80. The molecular formula is C11H16N2O2S2. The van der Waals surface area contributed by atoms with E-state index >= 15 is 0 Å². The summed E-state index contributed by atoms with van der Waals surface area (Å²) in [6.45, 7) is 2.98. The fraction of sp³-hybridized carbons (Fsp3) is 0.455. The maximum absolute atomic E-state index is 12.2. The minimum absolute atomic E-state index is 0.0482. The van der Waals surface area contributed by atoms with E-state index in [9.17, 15) is 4.79 Å². The predicted molar refractivity (Wildman–Crippen MR) is 73.9 cm³/mol. The lowest BCUT2D eigenvalue weighted by Gasteiger charge is -2.20. The van der Waals surface area contributed by atoms with Gasteiger partial charge in [0.15, 0.2) is 0 Å². The number of hydrogen-bond donors (Lipinski definition) is 1. The number of nitrogens with zero attached hydrogens (tertiary/aromatic N) is 1. The third-order valence-electron chi connectivity index (χ3n) is 2.15. The van der Waals surface area contributed by atoms with Crippen LogP contribution in [0.4, 0.5) is 0 Å². The van der Waals surface area contributed by atoms with E-state index in [0.717, 1.165) is 6.42 Å². The lowest BCUT2D eigenvalue weighted by Crippen LogP contribution is -2.37. The molecule has 1 aromatic rings. The van der Waals surface area contributed by atoms with E-state index in [2.05, 4.69) is 0 Å². The Morgan fingerprint density at radius 1 is 1.65 bits per heavy atom. The third-order valence-corrected chi connectivity index (χ3v) is 3.17. The van der Waals surface area contributed by atoms with Crippen molar-refractivity contribution in [3.63, 3.8) is 0 Å². The minimum atomic E-state index is -0.0482. The summed E-state index contributed by atoms with van der Waals surface area (Å²) in [5.41, 5.74) is 5.49. The van der Waals surface area contributed by atoms with Crippen LogP contribution in [-0.2, 0) is 0 Å². The van der Waals surface area contributed by atoms with Crippen molar-refractivity contribution in [1.82, 2.24) is 4.90 Å². The molecule has 1 aromatic heterocycles. The van der Waals surface area contributed by atoms with Crippen LogP contribution in [0.3, 0.4) is 0 Å². The highest BCUT2D eigenvalue weighted by Crippen LogP contribution is 2.22. The summed E-state index contributed by atoms with van der Waals surface area (Å²) < 4.78 is 5.06. The van der Waals surface area contributed by atoms with Crippen LogP contribution >= 0.6 is 23.6 Å². The third kappa shape index (κ3) is 3.98. The van der Waals surface area contributed by atoms with Crippen LogP contribution in [0.2, 0.25) is 0 Å². The summed E-state index contributed by atoms with van der Waals surface area (Å²) in [5.74, 6) is 0.651. The van der Waals surface area contributed by atoms with Crippen LogP contribution in [0.15, 0.2) is 11.4 Å². The molecule has 0 saturated heterocycles. The summed E-state index contributed by atoms with van der Waals surface area (Å²) >= 11 is 6.21. The standard InChI is InChI=1S/C11H16N2O2S2/c1-3-4-13(6-10(12)16)11(14)9-5-8(15-2)7-17-9/h5,7H,3-4,6H2,1-2H3,(H2,12,16). The maximum Gasteiger partial charge on any atom is 0.264 e. The highest BCUT2D eigenvalue weighted by Gasteiger charge is 2.17. The van der Waals surface area contributed by atoms with Gasteiger partial charge in [0.1, 0.15) is 5.75 Å². The topological polar surface area (TPSA) is 55.6 Å². The van der Waals surface area contributed by atoms with Gasteiger partial charge in [-0.3, -0.25) is 4.79 Å². The molecular weight excluding hydrogens is 256 g/mol. The summed E-state index contributed by atoms with van der Waals surface area (Å²) in [5, 5.41) is 1.80. The Balaban J connectivity index is 2.79. The monoisotopic (exact) mass is 272 g/mol. The number of thiocarbonyl (C=S) groups is 1. The Kier molecular flexibility index (Phi) is 5.37. The van der Waals surface area contributed by atoms with Crippen LogP contribution in [0.25, 0.3) is 0 Å². The largest absolute Gasteiger partial charge is 0.496 e. The number of nitrogens with two attached hydrogens (primary N) is 1. The molecule has 0 atom stereocenters. The number of thiophene rings is 1. The Morgan fingerprint density at radius 2 is 2.35 bits per heavy atom. The van der Waals surface area contributed by atoms with Gasteiger partial charge in [-0.25, -0.2) is 0 Å². The second-order valence-corrected chi connectivity index (χ2v) is 4.98. The lowest BCUT2D eigenvalue weighted by atomic mass is 10.3. The van der Waals surface area contributed by atoms with Crippen LogP contribution in [0.5, 0.6) is 5.75 Å². The molecule has 0 aliphatic rings. The summed E-state index contributed by atoms with van der Waals surface area (Å²) in [4.78, 5) is 14.8. The highest BCUT2D eigenvalue weighted by atomic mass is 32.1. The van der Waals surface area contributed by atoms with Crippen molar-refractivity contribution in [3.05, 3.63) is 16.3 Å². The van der Waals surface area contributed by atoms with Crippen molar-refractivity contribution in [2.24, 2.45) is 5.73 Å².